The molecule has 0 unspecified atom stereocenters. The quantitative estimate of drug-likeness (QED) is 0.547. The molecule has 1 aromatic carbocycles. The van der Waals surface area contributed by atoms with E-state index >= 15 is 0 Å². The van der Waals surface area contributed by atoms with Crippen molar-refractivity contribution in [1.29, 1.82) is 0 Å². The van der Waals surface area contributed by atoms with Gasteiger partial charge in [-0.25, -0.2) is 4.79 Å². The zero-order chi connectivity index (χ0) is 19.1. The maximum absolute atomic E-state index is 12.1. The minimum Gasteiger partial charge on any atom is -0.503 e. The van der Waals surface area contributed by atoms with E-state index in [2.05, 4.69) is 15.9 Å². The number of rotatable bonds is 7. The molecular formula is C18H24BrNO5. The minimum atomic E-state index is -0.621. The number of nitrogens with zero attached hydrogens (tertiary/aromatic N) is 1. The highest BCUT2D eigenvalue weighted by Gasteiger charge is 2.20. The van der Waals surface area contributed by atoms with E-state index in [9.17, 15) is 14.7 Å². The van der Waals surface area contributed by atoms with Gasteiger partial charge in [-0.1, -0.05) is 0 Å². The summed E-state index contributed by atoms with van der Waals surface area (Å²) >= 11 is 3.21. The van der Waals surface area contributed by atoms with Crippen LogP contribution in [0.3, 0.4) is 0 Å². The van der Waals surface area contributed by atoms with E-state index in [1.165, 1.54) is 19.3 Å². The largest absolute Gasteiger partial charge is 0.503 e. The molecule has 1 rings (SSSR count). The van der Waals surface area contributed by atoms with Gasteiger partial charge < -0.3 is 19.5 Å². The zero-order valence-corrected chi connectivity index (χ0v) is 16.7. The van der Waals surface area contributed by atoms with Crippen molar-refractivity contribution in [1.82, 2.24) is 4.90 Å². The Hall–Kier alpha value is -2.02. The first-order chi connectivity index (χ1) is 11.7. The van der Waals surface area contributed by atoms with Gasteiger partial charge in [0.25, 0.3) is 5.91 Å². The van der Waals surface area contributed by atoms with E-state index in [4.69, 9.17) is 9.47 Å². The van der Waals surface area contributed by atoms with E-state index in [1.807, 2.05) is 27.7 Å². The van der Waals surface area contributed by atoms with Crippen LogP contribution >= 0.6 is 15.9 Å². The van der Waals surface area contributed by atoms with Gasteiger partial charge in [-0.15, -0.1) is 0 Å². The molecule has 0 spiro atoms. The molecule has 7 heteroatoms. The van der Waals surface area contributed by atoms with Crippen molar-refractivity contribution >= 4 is 33.9 Å². The lowest BCUT2D eigenvalue weighted by molar-refractivity contribution is -0.150. The van der Waals surface area contributed by atoms with Crippen LogP contribution in [0.2, 0.25) is 0 Å². The van der Waals surface area contributed by atoms with Crippen LogP contribution in [0.1, 0.15) is 33.3 Å². The molecule has 0 aliphatic carbocycles. The molecular weight excluding hydrogens is 390 g/mol. The van der Waals surface area contributed by atoms with Gasteiger partial charge in [0.05, 0.1) is 11.6 Å². The standard InChI is InChI=1S/C18H24BrNO5/c1-11(2)20(12(3)4)16(21)10-25-17(22)7-6-13-8-14(19)18(23)15(9-13)24-5/h6-9,11-12,23H,10H2,1-5H3/b7-6+. The third kappa shape index (κ3) is 6.08. The van der Waals surface area contributed by atoms with Crippen molar-refractivity contribution in [2.75, 3.05) is 13.7 Å². The van der Waals surface area contributed by atoms with Gasteiger partial charge in [-0.3, -0.25) is 4.79 Å². The smallest absolute Gasteiger partial charge is 0.331 e. The monoisotopic (exact) mass is 413 g/mol. The van der Waals surface area contributed by atoms with Gasteiger partial charge in [0, 0.05) is 18.2 Å². The Labute approximate surface area is 156 Å². The van der Waals surface area contributed by atoms with E-state index in [1.54, 1.807) is 17.0 Å². The maximum Gasteiger partial charge on any atom is 0.331 e. The van der Waals surface area contributed by atoms with Crippen molar-refractivity contribution in [2.45, 2.75) is 39.8 Å². The fraction of sp³-hybridized carbons (Fsp3) is 0.444. The third-order valence-corrected chi connectivity index (χ3v) is 4.03. The summed E-state index contributed by atoms with van der Waals surface area (Å²) in [6.07, 6.45) is 2.74. The lowest BCUT2D eigenvalue weighted by Crippen LogP contribution is -2.44. The summed E-state index contributed by atoms with van der Waals surface area (Å²) in [5, 5.41) is 9.76. The number of methoxy groups -OCH3 is 1. The topological polar surface area (TPSA) is 76.1 Å². The summed E-state index contributed by atoms with van der Waals surface area (Å²) in [6.45, 7) is 7.35. The molecule has 0 aromatic heterocycles. The van der Waals surface area contributed by atoms with E-state index < -0.39 is 5.97 Å². The summed E-state index contributed by atoms with van der Waals surface area (Å²) in [7, 11) is 1.43. The number of hydrogen-bond donors (Lipinski definition) is 1. The van der Waals surface area contributed by atoms with Crippen LogP contribution in [0, 0.1) is 0 Å². The van der Waals surface area contributed by atoms with Gasteiger partial charge >= 0.3 is 5.97 Å². The van der Waals surface area contributed by atoms with Crippen LogP contribution in [0.4, 0.5) is 0 Å². The van der Waals surface area contributed by atoms with Crippen molar-refractivity contribution in [3.63, 3.8) is 0 Å². The molecule has 0 saturated carbocycles. The van der Waals surface area contributed by atoms with Crippen LogP contribution in [0.25, 0.3) is 6.08 Å². The fourth-order valence-electron chi connectivity index (χ4n) is 2.44. The summed E-state index contributed by atoms with van der Waals surface area (Å²) in [4.78, 5) is 25.6. The molecule has 0 saturated heterocycles. The van der Waals surface area contributed by atoms with Crippen molar-refractivity contribution < 1.29 is 24.2 Å². The minimum absolute atomic E-state index is 0.0183. The zero-order valence-electron chi connectivity index (χ0n) is 15.1. The predicted octanol–water partition coefficient (Wildman–Crippen LogP) is 3.37. The highest BCUT2D eigenvalue weighted by molar-refractivity contribution is 9.10. The van der Waals surface area contributed by atoms with E-state index in [0.717, 1.165) is 0 Å². The Kier molecular flexibility index (Phi) is 7.96. The average Bonchev–Trinajstić information content (AvgIpc) is 2.53. The average molecular weight is 414 g/mol. The summed E-state index contributed by atoms with van der Waals surface area (Å²) in [5.41, 5.74) is 0.635. The second-order valence-corrected chi connectivity index (χ2v) is 6.84. The molecule has 6 nitrogen and oxygen atoms in total. The number of phenols is 1. The van der Waals surface area contributed by atoms with Crippen LogP contribution in [-0.4, -0.2) is 47.7 Å². The summed E-state index contributed by atoms with van der Waals surface area (Å²) in [6, 6.07) is 3.27. The molecule has 0 heterocycles. The van der Waals surface area contributed by atoms with Crippen molar-refractivity contribution in [3.8, 4) is 11.5 Å². The number of carbonyl (C=O) groups excluding carboxylic acids is 2. The van der Waals surface area contributed by atoms with Crippen LogP contribution in [0.5, 0.6) is 11.5 Å². The molecule has 25 heavy (non-hydrogen) atoms. The SMILES string of the molecule is COc1cc(/C=C/C(=O)OCC(=O)N(C(C)C)C(C)C)cc(Br)c1O. The highest BCUT2D eigenvalue weighted by Crippen LogP contribution is 2.35. The van der Waals surface area contributed by atoms with Gasteiger partial charge in [0.1, 0.15) is 0 Å². The number of aromatic hydroxyl groups is 1. The molecule has 0 fully saturated rings. The first-order valence-corrected chi connectivity index (χ1v) is 8.69. The lowest BCUT2D eigenvalue weighted by atomic mass is 10.2. The second kappa shape index (κ2) is 9.46. The normalized spacial score (nSPS) is 11.2. The molecule has 0 radical (unpaired) electrons. The Bertz CT molecular complexity index is 647. The number of carbonyl (C=O) groups is 2. The van der Waals surface area contributed by atoms with Crippen molar-refractivity contribution in [2.24, 2.45) is 0 Å². The maximum atomic E-state index is 12.1. The predicted molar refractivity (Wildman–Crippen MR) is 99.5 cm³/mol. The number of ether oxygens (including phenoxy) is 2. The summed E-state index contributed by atoms with van der Waals surface area (Å²) in [5.74, 6) is -0.595. The Morgan fingerprint density at radius 2 is 1.84 bits per heavy atom. The number of phenolic OH excluding ortho intramolecular Hbond substituents is 1. The molecule has 0 atom stereocenters. The first-order valence-electron chi connectivity index (χ1n) is 7.89. The van der Waals surface area contributed by atoms with Gasteiger partial charge in [-0.05, 0) is 67.4 Å². The molecule has 1 N–H and O–H groups in total. The second-order valence-electron chi connectivity index (χ2n) is 5.98. The number of hydrogen-bond acceptors (Lipinski definition) is 5. The molecule has 138 valence electrons. The lowest BCUT2D eigenvalue weighted by Gasteiger charge is -2.30. The van der Waals surface area contributed by atoms with E-state index in [-0.39, 0.29) is 36.1 Å². The first kappa shape index (κ1) is 21.0. The molecule has 1 amide bonds. The Morgan fingerprint density at radius 3 is 2.36 bits per heavy atom. The fourth-order valence-corrected chi connectivity index (χ4v) is 2.90. The summed E-state index contributed by atoms with van der Waals surface area (Å²) < 4.78 is 10.5. The Morgan fingerprint density at radius 1 is 1.24 bits per heavy atom. The van der Waals surface area contributed by atoms with Gasteiger partial charge in [0.2, 0.25) is 0 Å². The molecule has 0 aliphatic heterocycles. The number of amides is 1. The molecule has 0 bridgehead atoms. The molecule has 0 aliphatic rings. The molecule has 1 aromatic rings. The third-order valence-electron chi connectivity index (χ3n) is 3.42. The van der Waals surface area contributed by atoms with Gasteiger partial charge in [-0.2, -0.15) is 0 Å². The van der Waals surface area contributed by atoms with Crippen molar-refractivity contribution in [3.05, 3.63) is 28.2 Å². The van der Waals surface area contributed by atoms with Crippen LogP contribution in [0.15, 0.2) is 22.7 Å². The number of halogens is 1. The Balaban J connectivity index is 2.70. The van der Waals surface area contributed by atoms with Gasteiger partial charge in [0.15, 0.2) is 18.1 Å². The highest BCUT2D eigenvalue weighted by atomic mass is 79.9. The number of benzene rings is 1. The van der Waals surface area contributed by atoms with Crippen LogP contribution in [-0.2, 0) is 14.3 Å². The van der Waals surface area contributed by atoms with E-state index in [0.29, 0.717) is 10.0 Å². The van der Waals surface area contributed by atoms with Crippen LogP contribution < -0.4 is 4.74 Å². The number of esters is 1.